The van der Waals surface area contributed by atoms with Gasteiger partial charge in [0.05, 0.1) is 27.0 Å². The minimum Gasteiger partial charge on any atom is -0.506 e. The van der Waals surface area contributed by atoms with Gasteiger partial charge in [-0.15, -0.1) is 0 Å². The van der Waals surface area contributed by atoms with Gasteiger partial charge in [0.15, 0.2) is 11.5 Å². The SMILES string of the molecule is COc1cc(/C=C/c2cccc(O)c2NC(=O)/C=C/c2ccc(F)cc2)cc(OC)c1OC. The Hall–Kier alpha value is -4.26. The van der Waals surface area contributed by atoms with E-state index in [4.69, 9.17) is 14.2 Å². The molecule has 0 aliphatic carbocycles. The minimum absolute atomic E-state index is 0.0782. The number of benzene rings is 3. The van der Waals surface area contributed by atoms with E-state index in [0.29, 0.717) is 28.4 Å². The second-order valence-electron chi connectivity index (χ2n) is 6.91. The number of carbonyl (C=O) groups is 1. The summed E-state index contributed by atoms with van der Waals surface area (Å²) in [6.45, 7) is 0. The zero-order valence-corrected chi connectivity index (χ0v) is 18.5. The molecule has 6 nitrogen and oxygen atoms in total. The number of methoxy groups -OCH3 is 3. The molecule has 3 aromatic rings. The minimum atomic E-state index is -0.441. The van der Waals surface area contributed by atoms with Crippen molar-refractivity contribution in [3.05, 3.63) is 83.2 Å². The van der Waals surface area contributed by atoms with Crippen molar-refractivity contribution < 1.29 is 28.5 Å². The van der Waals surface area contributed by atoms with E-state index in [2.05, 4.69) is 5.32 Å². The van der Waals surface area contributed by atoms with Gasteiger partial charge in [0.2, 0.25) is 11.7 Å². The molecule has 0 bridgehead atoms. The van der Waals surface area contributed by atoms with Gasteiger partial charge in [0.1, 0.15) is 11.6 Å². The molecule has 33 heavy (non-hydrogen) atoms. The maximum absolute atomic E-state index is 13.0. The third-order valence-corrected chi connectivity index (χ3v) is 4.76. The Balaban J connectivity index is 1.84. The summed E-state index contributed by atoms with van der Waals surface area (Å²) in [5.41, 5.74) is 2.29. The molecule has 0 atom stereocenters. The van der Waals surface area contributed by atoms with Crippen LogP contribution in [0, 0.1) is 5.82 Å². The van der Waals surface area contributed by atoms with E-state index in [-0.39, 0.29) is 17.3 Å². The molecule has 7 heteroatoms. The van der Waals surface area contributed by atoms with E-state index in [0.717, 1.165) is 5.56 Å². The Kier molecular flexibility index (Phi) is 7.70. The number of hydrogen-bond acceptors (Lipinski definition) is 5. The largest absolute Gasteiger partial charge is 0.506 e. The Morgan fingerprint density at radius 3 is 2.15 bits per heavy atom. The average Bonchev–Trinajstić information content (AvgIpc) is 2.83. The molecule has 2 N–H and O–H groups in total. The van der Waals surface area contributed by atoms with Crippen LogP contribution in [0.2, 0.25) is 0 Å². The fourth-order valence-corrected chi connectivity index (χ4v) is 3.13. The molecule has 0 heterocycles. The predicted octanol–water partition coefficient (Wildman–Crippen LogP) is 5.38. The smallest absolute Gasteiger partial charge is 0.248 e. The first-order valence-corrected chi connectivity index (χ1v) is 10.00. The number of amides is 1. The van der Waals surface area contributed by atoms with Crippen LogP contribution in [0.5, 0.6) is 23.0 Å². The molecule has 0 radical (unpaired) electrons. The highest BCUT2D eigenvalue weighted by molar-refractivity contribution is 6.04. The molecule has 1 amide bonds. The van der Waals surface area contributed by atoms with Gasteiger partial charge in [-0.1, -0.05) is 36.4 Å². The van der Waals surface area contributed by atoms with E-state index in [9.17, 15) is 14.3 Å². The van der Waals surface area contributed by atoms with Gasteiger partial charge >= 0.3 is 0 Å². The van der Waals surface area contributed by atoms with Crippen molar-refractivity contribution in [1.82, 2.24) is 0 Å². The van der Waals surface area contributed by atoms with Crippen LogP contribution < -0.4 is 19.5 Å². The average molecular weight is 449 g/mol. The van der Waals surface area contributed by atoms with Crippen molar-refractivity contribution in [2.24, 2.45) is 0 Å². The lowest BCUT2D eigenvalue weighted by atomic mass is 10.1. The lowest BCUT2D eigenvalue weighted by Crippen LogP contribution is -2.09. The summed E-state index contributed by atoms with van der Waals surface area (Å²) in [6, 6.07) is 14.2. The van der Waals surface area contributed by atoms with Crippen LogP contribution in [0.25, 0.3) is 18.2 Å². The van der Waals surface area contributed by atoms with Gasteiger partial charge in [-0.05, 0) is 47.5 Å². The van der Waals surface area contributed by atoms with Gasteiger partial charge in [0, 0.05) is 11.6 Å². The molecule has 0 fully saturated rings. The molecule has 0 unspecified atom stereocenters. The third-order valence-electron chi connectivity index (χ3n) is 4.76. The van der Waals surface area contributed by atoms with Gasteiger partial charge in [-0.3, -0.25) is 4.79 Å². The number of nitrogens with one attached hydrogen (secondary N) is 1. The number of aromatic hydroxyl groups is 1. The first-order valence-electron chi connectivity index (χ1n) is 10.00. The summed E-state index contributed by atoms with van der Waals surface area (Å²) in [5, 5.41) is 13.0. The highest BCUT2D eigenvalue weighted by atomic mass is 19.1. The highest BCUT2D eigenvalue weighted by Crippen LogP contribution is 2.39. The monoisotopic (exact) mass is 449 g/mol. The van der Waals surface area contributed by atoms with Crippen LogP contribution in [-0.2, 0) is 4.79 Å². The molecule has 0 aliphatic rings. The van der Waals surface area contributed by atoms with Crippen molar-refractivity contribution in [3.63, 3.8) is 0 Å². The maximum atomic E-state index is 13.0. The Morgan fingerprint density at radius 2 is 1.55 bits per heavy atom. The molecule has 0 spiro atoms. The Labute approximate surface area is 191 Å². The summed E-state index contributed by atoms with van der Waals surface area (Å²) >= 11 is 0. The van der Waals surface area contributed by atoms with Crippen molar-refractivity contribution in [1.29, 1.82) is 0 Å². The number of phenolic OH excluding ortho intramolecular Hbond substituents is 1. The van der Waals surface area contributed by atoms with Crippen molar-refractivity contribution >= 4 is 29.8 Å². The fraction of sp³-hybridized carbons (Fsp3) is 0.115. The number of hydrogen-bond donors (Lipinski definition) is 2. The number of ether oxygens (including phenoxy) is 3. The number of halogens is 1. The maximum Gasteiger partial charge on any atom is 0.248 e. The number of carbonyl (C=O) groups excluding carboxylic acids is 1. The molecule has 0 saturated carbocycles. The third kappa shape index (κ3) is 5.92. The number of rotatable bonds is 8. The van der Waals surface area contributed by atoms with Crippen LogP contribution in [0.3, 0.4) is 0 Å². The number of anilines is 1. The van der Waals surface area contributed by atoms with Gasteiger partial charge in [0.25, 0.3) is 0 Å². The van der Waals surface area contributed by atoms with Crippen LogP contribution in [-0.4, -0.2) is 32.3 Å². The second kappa shape index (κ2) is 10.9. The summed E-state index contributed by atoms with van der Waals surface area (Å²) in [4.78, 5) is 12.4. The zero-order chi connectivity index (χ0) is 23.8. The number of phenols is 1. The van der Waals surface area contributed by atoms with E-state index >= 15 is 0 Å². The summed E-state index contributed by atoms with van der Waals surface area (Å²) in [6.07, 6.45) is 6.41. The molecule has 0 saturated heterocycles. The van der Waals surface area contributed by atoms with Gasteiger partial charge in [-0.25, -0.2) is 4.39 Å². The van der Waals surface area contributed by atoms with Crippen molar-refractivity contribution in [2.45, 2.75) is 0 Å². The predicted molar refractivity (Wildman–Crippen MR) is 127 cm³/mol. The van der Waals surface area contributed by atoms with Crippen LogP contribution in [0.15, 0.2) is 60.7 Å². The fourth-order valence-electron chi connectivity index (χ4n) is 3.13. The lowest BCUT2D eigenvalue weighted by molar-refractivity contribution is -0.111. The Bertz CT molecular complexity index is 1160. The van der Waals surface area contributed by atoms with E-state index in [1.54, 1.807) is 54.6 Å². The normalized spacial score (nSPS) is 11.0. The van der Waals surface area contributed by atoms with Gasteiger partial charge < -0.3 is 24.6 Å². The molecule has 3 aromatic carbocycles. The molecule has 3 rings (SSSR count). The highest BCUT2D eigenvalue weighted by Gasteiger charge is 2.13. The standard InChI is InChI=1S/C26H24FNO5/c1-31-22-15-18(16-23(32-2)26(22)33-3)7-11-19-5-4-6-21(29)25(19)28-24(30)14-10-17-8-12-20(27)13-9-17/h4-16,29H,1-3H3,(H,28,30)/b11-7+,14-10+. The Morgan fingerprint density at radius 1 is 0.879 bits per heavy atom. The molecular formula is C26H24FNO5. The molecular weight excluding hydrogens is 425 g/mol. The van der Waals surface area contributed by atoms with E-state index < -0.39 is 5.91 Å². The topological polar surface area (TPSA) is 77.0 Å². The van der Waals surface area contributed by atoms with Gasteiger partial charge in [-0.2, -0.15) is 0 Å². The molecule has 0 aromatic heterocycles. The molecule has 170 valence electrons. The summed E-state index contributed by atoms with van der Waals surface area (Å²) < 4.78 is 29.1. The quantitative estimate of drug-likeness (QED) is 0.274. The lowest BCUT2D eigenvalue weighted by Gasteiger charge is -2.13. The number of para-hydroxylation sites is 1. The first-order chi connectivity index (χ1) is 15.9. The van der Waals surface area contributed by atoms with Crippen LogP contribution in [0.4, 0.5) is 10.1 Å². The van der Waals surface area contributed by atoms with Crippen molar-refractivity contribution in [3.8, 4) is 23.0 Å². The summed E-state index contributed by atoms with van der Waals surface area (Å²) in [5.74, 6) is 0.623. The van der Waals surface area contributed by atoms with Crippen LogP contribution in [0.1, 0.15) is 16.7 Å². The van der Waals surface area contributed by atoms with E-state index in [1.165, 1.54) is 45.6 Å². The van der Waals surface area contributed by atoms with Crippen molar-refractivity contribution in [2.75, 3.05) is 26.6 Å². The second-order valence-corrected chi connectivity index (χ2v) is 6.91. The first kappa shape index (κ1) is 23.4. The van der Waals surface area contributed by atoms with Crippen LogP contribution >= 0.6 is 0 Å². The van der Waals surface area contributed by atoms with E-state index in [1.807, 2.05) is 0 Å². The molecule has 0 aliphatic heterocycles. The zero-order valence-electron chi connectivity index (χ0n) is 18.5. The summed E-state index contributed by atoms with van der Waals surface area (Å²) in [7, 11) is 4.60.